The molecule has 19 heavy (non-hydrogen) atoms. The van der Waals surface area contributed by atoms with E-state index < -0.39 is 5.82 Å². The van der Waals surface area contributed by atoms with Gasteiger partial charge in [0.15, 0.2) is 24.0 Å². The van der Waals surface area contributed by atoms with Crippen molar-refractivity contribution in [1.29, 1.82) is 0 Å². The minimum absolute atomic E-state index is 0.0978. The Morgan fingerprint density at radius 1 is 1.16 bits per heavy atom. The topological polar surface area (TPSA) is 26.3 Å². The van der Waals surface area contributed by atoms with E-state index in [9.17, 15) is 9.18 Å². The van der Waals surface area contributed by atoms with Gasteiger partial charge in [0.05, 0.1) is 0 Å². The number of para-hydroxylation sites is 1. The average molecular weight is 258 g/mol. The normalized spacial score (nSPS) is 10.3. The molecule has 3 heteroatoms. The van der Waals surface area contributed by atoms with E-state index in [4.69, 9.17) is 4.74 Å². The highest BCUT2D eigenvalue weighted by Crippen LogP contribution is 2.17. The number of carbonyl (C=O) groups is 1. The zero-order chi connectivity index (χ0) is 13.8. The van der Waals surface area contributed by atoms with Crippen LogP contribution in [-0.4, -0.2) is 12.4 Å². The molecule has 98 valence electrons. The molecule has 0 saturated carbocycles. The van der Waals surface area contributed by atoms with Crippen molar-refractivity contribution >= 4 is 5.78 Å². The van der Waals surface area contributed by atoms with E-state index in [0.29, 0.717) is 5.56 Å². The van der Waals surface area contributed by atoms with Crippen LogP contribution in [0.15, 0.2) is 42.5 Å². The maximum absolute atomic E-state index is 13.3. The van der Waals surface area contributed by atoms with Gasteiger partial charge in [-0.2, -0.15) is 0 Å². The summed E-state index contributed by atoms with van der Waals surface area (Å²) in [5.74, 6) is -0.516. The maximum Gasteiger partial charge on any atom is 0.200 e. The standard InChI is InChI=1S/C16H15FO2/c1-11-7-8-13(12(2)9-11)15(18)10-19-16-6-4-3-5-14(16)17/h3-9H,10H2,1-2H3. The second kappa shape index (κ2) is 5.65. The molecule has 0 saturated heterocycles. The van der Waals surface area contributed by atoms with Gasteiger partial charge in [-0.1, -0.05) is 35.9 Å². The van der Waals surface area contributed by atoms with Crippen molar-refractivity contribution in [2.24, 2.45) is 0 Å². The quantitative estimate of drug-likeness (QED) is 0.781. The zero-order valence-electron chi connectivity index (χ0n) is 10.9. The number of rotatable bonds is 4. The van der Waals surface area contributed by atoms with Gasteiger partial charge in [0.1, 0.15) is 0 Å². The molecule has 0 aliphatic heterocycles. The molecule has 2 rings (SSSR count). The minimum atomic E-state index is -0.462. The summed E-state index contributed by atoms with van der Waals surface area (Å²) in [6.45, 7) is 3.69. The molecule has 0 radical (unpaired) electrons. The molecule has 2 nitrogen and oxygen atoms in total. The van der Waals surface area contributed by atoms with Crippen LogP contribution in [0.25, 0.3) is 0 Å². The van der Waals surface area contributed by atoms with Crippen LogP contribution in [-0.2, 0) is 0 Å². The van der Waals surface area contributed by atoms with Crippen LogP contribution >= 0.6 is 0 Å². The molecule has 0 bridgehead atoms. The first kappa shape index (κ1) is 13.3. The monoisotopic (exact) mass is 258 g/mol. The first-order valence-electron chi connectivity index (χ1n) is 6.05. The third-order valence-corrected chi connectivity index (χ3v) is 2.88. The number of aryl methyl sites for hydroxylation is 2. The molecule has 0 N–H and O–H groups in total. The number of carbonyl (C=O) groups excluding carboxylic acids is 1. The summed E-state index contributed by atoms with van der Waals surface area (Å²) < 4.78 is 18.6. The van der Waals surface area contributed by atoms with E-state index in [1.807, 2.05) is 26.0 Å². The lowest BCUT2D eigenvalue weighted by Gasteiger charge is -2.08. The van der Waals surface area contributed by atoms with Crippen LogP contribution in [0.3, 0.4) is 0 Å². The second-order valence-electron chi connectivity index (χ2n) is 4.46. The Hall–Kier alpha value is -2.16. The number of benzene rings is 2. The predicted molar refractivity (Wildman–Crippen MR) is 72.1 cm³/mol. The Kier molecular flexibility index (Phi) is 3.95. The van der Waals surface area contributed by atoms with Gasteiger partial charge in [0.25, 0.3) is 0 Å². The molecular weight excluding hydrogens is 243 g/mol. The van der Waals surface area contributed by atoms with Crippen LogP contribution in [0.4, 0.5) is 4.39 Å². The number of hydrogen-bond donors (Lipinski definition) is 0. The molecule has 0 amide bonds. The molecule has 0 atom stereocenters. The summed E-state index contributed by atoms with van der Waals surface area (Å²) in [4.78, 5) is 12.0. The first-order valence-corrected chi connectivity index (χ1v) is 6.05. The van der Waals surface area contributed by atoms with Crippen LogP contribution < -0.4 is 4.74 Å². The van der Waals surface area contributed by atoms with Gasteiger partial charge in [-0.15, -0.1) is 0 Å². The third kappa shape index (κ3) is 3.19. The van der Waals surface area contributed by atoms with Crippen molar-refractivity contribution in [2.45, 2.75) is 13.8 Å². The van der Waals surface area contributed by atoms with Gasteiger partial charge in [-0.05, 0) is 31.5 Å². The highest BCUT2D eigenvalue weighted by molar-refractivity contribution is 5.98. The molecule has 0 unspecified atom stereocenters. The molecule has 0 spiro atoms. The summed E-state index contributed by atoms with van der Waals surface area (Å²) >= 11 is 0. The van der Waals surface area contributed by atoms with Gasteiger partial charge in [0, 0.05) is 5.56 Å². The van der Waals surface area contributed by atoms with Gasteiger partial charge >= 0.3 is 0 Å². The Balaban J connectivity index is 2.08. The zero-order valence-corrected chi connectivity index (χ0v) is 10.9. The second-order valence-corrected chi connectivity index (χ2v) is 4.46. The van der Waals surface area contributed by atoms with E-state index in [1.165, 1.54) is 12.1 Å². The van der Waals surface area contributed by atoms with Crippen molar-refractivity contribution in [3.8, 4) is 5.75 Å². The highest BCUT2D eigenvalue weighted by Gasteiger charge is 2.11. The Morgan fingerprint density at radius 3 is 2.58 bits per heavy atom. The van der Waals surface area contributed by atoms with E-state index in [2.05, 4.69) is 0 Å². The average Bonchev–Trinajstić information content (AvgIpc) is 2.37. The minimum Gasteiger partial charge on any atom is -0.482 e. The molecule has 2 aromatic rings. The lowest BCUT2D eigenvalue weighted by atomic mass is 10.0. The summed E-state index contributed by atoms with van der Waals surface area (Å²) in [6, 6.07) is 11.6. The van der Waals surface area contributed by atoms with Crippen molar-refractivity contribution in [3.05, 3.63) is 65.0 Å². The predicted octanol–water partition coefficient (Wildman–Crippen LogP) is 3.70. The SMILES string of the molecule is Cc1ccc(C(=O)COc2ccccc2F)c(C)c1. The maximum atomic E-state index is 13.3. The fraction of sp³-hybridized carbons (Fsp3) is 0.188. The molecule has 0 aromatic heterocycles. The van der Waals surface area contributed by atoms with Gasteiger partial charge in [-0.3, -0.25) is 4.79 Å². The Labute approximate surface area is 111 Å². The van der Waals surface area contributed by atoms with Crippen LogP contribution in [0.2, 0.25) is 0 Å². The first-order chi connectivity index (χ1) is 9.08. The van der Waals surface area contributed by atoms with Crippen molar-refractivity contribution in [2.75, 3.05) is 6.61 Å². The molecule has 0 heterocycles. The fourth-order valence-corrected chi connectivity index (χ4v) is 1.91. The van der Waals surface area contributed by atoms with Gasteiger partial charge in [-0.25, -0.2) is 4.39 Å². The van der Waals surface area contributed by atoms with Crippen LogP contribution in [0.1, 0.15) is 21.5 Å². The molecule has 0 aliphatic rings. The largest absolute Gasteiger partial charge is 0.482 e. The summed E-state index contributed by atoms with van der Waals surface area (Å²) in [5.41, 5.74) is 2.62. The summed E-state index contributed by atoms with van der Waals surface area (Å²) in [6.07, 6.45) is 0. The van der Waals surface area contributed by atoms with Crippen molar-refractivity contribution in [3.63, 3.8) is 0 Å². The van der Waals surface area contributed by atoms with E-state index in [-0.39, 0.29) is 18.1 Å². The van der Waals surface area contributed by atoms with Crippen molar-refractivity contribution < 1.29 is 13.9 Å². The molecular formula is C16H15FO2. The van der Waals surface area contributed by atoms with Crippen molar-refractivity contribution in [1.82, 2.24) is 0 Å². The lowest BCUT2D eigenvalue weighted by molar-refractivity contribution is 0.0918. The number of Topliss-reactive ketones (excluding diaryl/α,β-unsaturated/α-hetero) is 1. The molecule has 0 aliphatic carbocycles. The number of ketones is 1. The summed E-state index contributed by atoms with van der Waals surface area (Å²) in [7, 11) is 0. The van der Waals surface area contributed by atoms with Crippen LogP contribution in [0.5, 0.6) is 5.75 Å². The number of halogens is 1. The molecule has 0 fully saturated rings. The van der Waals surface area contributed by atoms with E-state index in [0.717, 1.165) is 11.1 Å². The number of hydrogen-bond acceptors (Lipinski definition) is 2. The smallest absolute Gasteiger partial charge is 0.200 e. The Morgan fingerprint density at radius 2 is 1.89 bits per heavy atom. The lowest BCUT2D eigenvalue weighted by Crippen LogP contribution is -2.13. The van der Waals surface area contributed by atoms with Gasteiger partial charge in [0.2, 0.25) is 0 Å². The third-order valence-electron chi connectivity index (χ3n) is 2.88. The highest BCUT2D eigenvalue weighted by atomic mass is 19.1. The summed E-state index contributed by atoms with van der Waals surface area (Å²) in [5, 5.41) is 0. The van der Waals surface area contributed by atoms with Gasteiger partial charge < -0.3 is 4.74 Å². The Bertz CT molecular complexity index is 605. The molecule has 2 aromatic carbocycles. The van der Waals surface area contributed by atoms with E-state index >= 15 is 0 Å². The van der Waals surface area contributed by atoms with Crippen LogP contribution in [0, 0.1) is 19.7 Å². The fourth-order valence-electron chi connectivity index (χ4n) is 1.91. The van der Waals surface area contributed by atoms with E-state index in [1.54, 1.807) is 18.2 Å². The number of ether oxygens (including phenoxy) is 1.